The van der Waals surface area contributed by atoms with Crippen molar-refractivity contribution in [2.75, 3.05) is 13.2 Å². The van der Waals surface area contributed by atoms with Gasteiger partial charge in [-0.3, -0.25) is 4.79 Å². The second-order valence-electron chi connectivity index (χ2n) is 5.69. The molecule has 1 atom stereocenters. The van der Waals surface area contributed by atoms with Crippen molar-refractivity contribution >= 4 is 18.3 Å². The van der Waals surface area contributed by atoms with E-state index in [1.165, 1.54) is 5.56 Å². The Morgan fingerprint density at radius 3 is 2.17 bits per heavy atom. The molecule has 2 aromatic carbocycles. The number of carbonyl (C=O) groups excluding carboxylic acids is 1. The van der Waals surface area contributed by atoms with E-state index >= 15 is 0 Å². The fourth-order valence-corrected chi connectivity index (χ4v) is 2.14. The summed E-state index contributed by atoms with van der Waals surface area (Å²) < 4.78 is 5.62. The van der Waals surface area contributed by atoms with Gasteiger partial charge in [-0.2, -0.15) is 0 Å². The average Bonchev–Trinajstić information content (AvgIpc) is 2.56. The number of hydrogen-bond donors (Lipinski definition) is 2. The van der Waals surface area contributed by atoms with Gasteiger partial charge in [0.2, 0.25) is 5.91 Å². The number of nitrogens with one attached hydrogen (secondary N) is 1. The molecule has 2 aromatic rings. The first-order valence-corrected chi connectivity index (χ1v) is 7.85. The molecule has 2 rings (SSSR count). The normalized spacial score (nSPS) is 11.3. The maximum absolute atomic E-state index is 12.0. The van der Waals surface area contributed by atoms with Crippen molar-refractivity contribution in [3.63, 3.8) is 0 Å². The summed E-state index contributed by atoms with van der Waals surface area (Å²) in [6, 6.07) is 15.0. The number of aryl methyl sites for hydroxylation is 2. The molecule has 130 valence electrons. The highest BCUT2D eigenvalue weighted by molar-refractivity contribution is 5.85. The Morgan fingerprint density at radius 2 is 1.58 bits per heavy atom. The number of hydrogen-bond acceptors (Lipinski definition) is 3. The number of halogens is 1. The molecule has 0 spiro atoms. The summed E-state index contributed by atoms with van der Waals surface area (Å²) in [5.74, 6) is 0.683. The van der Waals surface area contributed by atoms with E-state index in [1.54, 1.807) is 0 Å². The van der Waals surface area contributed by atoms with Crippen LogP contribution in [0, 0.1) is 13.8 Å². The van der Waals surface area contributed by atoms with Crippen molar-refractivity contribution in [2.24, 2.45) is 5.73 Å². The van der Waals surface area contributed by atoms with Gasteiger partial charge in [0, 0.05) is 6.54 Å². The number of benzene rings is 2. The molecule has 5 heteroatoms. The molecule has 0 radical (unpaired) electrons. The Morgan fingerprint density at radius 1 is 1.04 bits per heavy atom. The molecule has 0 aromatic heterocycles. The molecule has 1 amide bonds. The molecule has 0 fully saturated rings. The number of rotatable bonds is 7. The van der Waals surface area contributed by atoms with Crippen LogP contribution in [0.25, 0.3) is 0 Å². The van der Waals surface area contributed by atoms with Crippen LogP contribution < -0.4 is 15.8 Å². The minimum absolute atomic E-state index is 0. The van der Waals surface area contributed by atoms with E-state index in [1.807, 2.05) is 62.4 Å². The summed E-state index contributed by atoms with van der Waals surface area (Å²) in [5.41, 5.74) is 9.14. The van der Waals surface area contributed by atoms with E-state index in [4.69, 9.17) is 10.5 Å². The largest absolute Gasteiger partial charge is 0.494 e. The van der Waals surface area contributed by atoms with Crippen LogP contribution in [0.3, 0.4) is 0 Å². The highest BCUT2D eigenvalue weighted by Gasteiger charge is 2.14. The van der Waals surface area contributed by atoms with E-state index in [0.717, 1.165) is 23.3 Å². The smallest absolute Gasteiger partial charge is 0.241 e. The topological polar surface area (TPSA) is 64.3 Å². The summed E-state index contributed by atoms with van der Waals surface area (Å²) in [6.07, 6.45) is 0.736. The molecule has 0 saturated heterocycles. The fraction of sp³-hybridized carbons (Fsp3) is 0.316. The van der Waals surface area contributed by atoms with Crippen LogP contribution in [0.4, 0.5) is 0 Å². The van der Waals surface area contributed by atoms with E-state index in [2.05, 4.69) is 5.32 Å². The van der Waals surface area contributed by atoms with Crippen molar-refractivity contribution in [3.8, 4) is 5.75 Å². The summed E-state index contributed by atoms with van der Waals surface area (Å²) in [5, 5.41) is 2.85. The zero-order valence-electron chi connectivity index (χ0n) is 14.1. The Hall–Kier alpha value is -2.04. The molecule has 0 aliphatic carbocycles. The quantitative estimate of drug-likeness (QED) is 0.754. The summed E-state index contributed by atoms with van der Waals surface area (Å²) in [4.78, 5) is 12.0. The first kappa shape index (κ1) is 20.0. The van der Waals surface area contributed by atoms with Crippen LogP contribution in [0.1, 0.15) is 29.2 Å². The number of amides is 1. The molecule has 24 heavy (non-hydrogen) atoms. The van der Waals surface area contributed by atoms with Gasteiger partial charge in [-0.15, -0.1) is 12.4 Å². The van der Waals surface area contributed by atoms with Gasteiger partial charge in [-0.25, -0.2) is 0 Å². The van der Waals surface area contributed by atoms with Crippen LogP contribution in [0.5, 0.6) is 5.75 Å². The lowest BCUT2D eigenvalue weighted by molar-refractivity contribution is -0.122. The lowest BCUT2D eigenvalue weighted by atomic mass is 10.1. The summed E-state index contributed by atoms with van der Waals surface area (Å²) in [7, 11) is 0. The summed E-state index contributed by atoms with van der Waals surface area (Å²) >= 11 is 0. The van der Waals surface area contributed by atoms with Crippen LogP contribution >= 0.6 is 12.4 Å². The minimum Gasteiger partial charge on any atom is -0.494 e. The second-order valence-corrected chi connectivity index (χ2v) is 5.69. The lowest BCUT2D eigenvalue weighted by Gasteiger charge is -2.13. The zero-order chi connectivity index (χ0) is 16.7. The van der Waals surface area contributed by atoms with Gasteiger partial charge in [0.25, 0.3) is 0 Å². The zero-order valence-corrected chi connectivity index (χ0v) is 14.9. The van der Waals surface area contributed by atoms with Gasteiger partial charge in [0.1, 0.15) is 11.8 Å². The molecule has 0 bridgehead atoms. The molecule has 0 heterocycles. The highest BCUT2D eigenvalue weighted by atomic mass is 35.5. The first-order chi connectivity index (χ1) is 11.1. The van der Waals surface area contributed by atoms with Gasteiger partial charge >= 0.3 is 0 Å². The molecule has 4 nitrogen and oxygen atoms in total. The molecule has 1 unspecified atom stereocenters. The monoisotopic (exact) mass is 348 g/mol. The molecule has 0 aliphatic heterocycles. The maximum atomic E-state index is 12.0. The van der Waals surface area contributed by atoms with Crippen LogP contribution in [0.15, 0.2) is 48.5 Å². The average molecular weight is 349 g/mol. The second kappa shape index (κ2) is 9.96. The maximum Gasteiger partial charge on any atom is 0.241 e. The Kier molecular flexibility index (Phi) is 8.30. The predicted molar refractivity (Wildman–Crippen MR) is 99.7 cm³/mol. The Labute approximate surface area is 149 Å². The first-order valence-electron chi connectivity index (χ1n) is 7.85. The van der Waals surface area contributed by atoms with Crippen LogP contribution in [-0.4, -0.2) is 19.1 Å². The van der Waals surface area contributed by atoms with Gasteiger partial charge in [0.05, 0.1) is 6.61 Å². The molecular formula is C19H25ClN2O2. The third-order valence-electron chi connectivity index (χ3n) is 3.63. The Bertz CT molecular complexity index is 627. The molecular weight excluding hydrogens is 324 g/mol. The molecule has 0 saturated carbocycles. The standard InChI is InChI=1S/C19H24N2O2.ClH/c1-14-4-8-16(9-5-14)18(20)19(22)21-12-3-13-23-17-10-6-15(2)7-11-17;/h4-11,18H,3,12-13,20H2,1-2H3,(H,21,22);1H. The van der Waals surface area contributed by atoms with Crippen molar-refractivity contribution in [1.82, 2.24) is 5.32 Å². The predicted octanol–water partition coefficient (Wildman–Crippen LogP) is 3.31. The van der Waals surface area contributed by atoms with E-state index in [0.29, 0.717) is 13.2 Å². The summed E-state index contributed by atoms with van der Waals surface area (Å²) in [6.45, 7) is 5.15. The SMILES string of the molecule is Cc1ccc(OCCCNC(=O)C(N)c2ccc(C)cc2)cc1.Cl. The van der Waals surface area contributed by atoms with Crippen molar-refractivity contribution in [2.45, 2.75) is 26.3 Å². The van der Waals surface area contributed by atoms with E-state index in [9.17, 15) is 4.79 Å². The highest BCUT2D eigenvalue weighted by Crippen LogP contribution is 2.12. The fourth-order valence-electron chi connectivity index (χ4n) is 2.14. The van der Waals surface area contributed by atoms with E-state index in [-0.39, 0.29) is 18.3 Å². The Balaban J connectivity index is 0.00000288. The third kappa shape index (κ3) is 6.22. The third-order valence-corrected chi connectivity index (χ3v) is 3.63. The van der Waals surface area contributed by atoms with Gasteiger partial charge in [-0.05, 0) is 38.0 Å². The van der Waals surface area contributed by atoms with Gasteiger partial charge in [0.15, 0.2) is 0 Å². The number of nitrogens with two attached hydrogens (primary N) is 1. The van der Waals surface area contributed by atoms with E-state index < -0.39 is 6.04 Å². The van der Waals surface area contributed by atoms with Crippen molar-refractivity contribution < 1.29 is 9.53 Å². The van der Waals surface area contributed by atoms with Crippen molar-refractivity contribution in [3.05, 3.63) is 65.2 Å². The van der Waals surface area contributed by atoms with Crippen LogP contribution in [0.2, 0.25) is 0 Å². The minimum atomic E-state index is -0.631. The lowest BCUT2D eigenvalue weighted by Crippen LogP contribution is -2.35. The number of carbonyl (C=O) groups is 1. The molecule has 0 aliphatic rings. The molecule has 3 N–H and O–H groups in total. The van der Waals surface area contributed by atoms with Crippen LogP contribution in [-0.2, 0) is 4.79 Å². The van der Waals surface area contributed by atoms with Crippen molar-refractivity contribution in [1.29, 1.82) is 0 Å². The van der Waals surface area contributed by atoms with Gasteiger partial charge in [-0.1, -0.05) is 47.5 Å². The number of ether oxygens (including phenoxy) is 1. The van der Waals surface area contributed by atoms with Gasteiger partial charge < -0.3 is 15.8 Å².